The highest BCUT2D eigenvalue weighted by atomic mass is 19.1. The van der Waals surface area contributed by atoms with Crippen molar-refractivity contribution in [2.45, 2.75) is 6.92 Å². The molecule has 1 aromatic carbocycles. The molecule has 0 N–H and O–H groups in total. The molecule has 1 heterocycles. The van der Waals surface area contributed by atoms with Gasteiger partial charge in [0, 0.05) is 11.1 Å². The van der Waals surface area contributed by atoms with Crippen LogP contribution in [0.3, 0.4) is 0 Å². The van der Waals surface area contributed by atoms with Gasteiger partial charge in [0.2, 0.25) is 0 Å². The van der Waals surface area contributed by atoms with Crippen molar-refractivity contribution in [3.05, 3.63) is 47.4 Å². The van der Waals surface area contributed by atoms with Gasteiger partial charge in [0.1, 0.15) is 11.6 Å². The molecule has 0 bridgehead atoms. The Morgan fingerprint density at radius 3 is 2.62 bits per heavy atom. The lowest BCUT2D eigenvalue weighted by Gasteiger charge is -2.03. The molecule has 2 aromatic rings. The van der Waals surface area contributed by atoms with E-state index in [0.29, 0.717) is 6.29 Å². The maximum Gasteiger partial charge on any atom is 0.185 e. The summed E-state index contributed by atoms with van der Waals surface area (Å²) in [6, 6.07) is 3.58. The van der Waals surface area contributed by atoms with E-state index in [1.54, 1.807) is 0 Å². The van der Waals surface area contributed by atoms with Crippen LogP contribution in [-0.2, 0) is 0 Å². The van der Waals surface area contributed by atoms with E-state index in [-0.39, 0.29) is 22.5 Å². The zero-order valence-corrected chi connectivity index (χ0v) is 8.46. The van der Waals surface area contributed by atoms with Crippen LogP contribution in [0.2, 0.25) is 0 Å². The van der Waals surface area contributed by atoms with Crippen LogP contribution in [0, 0.1) is 18.6 Å². The molecule has 0 amide bonds. The summed E-state index contributed by atoms with van der Waals surface area (Å²) in [6.07, 6.45) is 1.73. The minimum absolute atomic E-state index is 0.0119. The zero-order chi connectivity index (χ0) is 11.7. The summed E-state index contributed by atoms with van der Waals surface area (Å²) in [5, 5.41) is 0. The van der Waals surface area contributed by atoms with Crippen LogP contribution in [0.25, 0.3) is 11.1 Å². The Hall–Kier alpha value is -1.97. The number of carbonyl (C=O) groups is 1. The molecule has 82 valence electrons. The summed E-state index contributed by atoms with van der Waals surface area (Å²) in [7, 11) is 0. The predicted molar refractivity (Wildman–Crippen MR) is 54.2 cm³/mol. The molecule has 2 rings (SSSR count). The van der Waals surface area contributed by atoms with Crippen molar-refractivity contribution in [1.29, 1.82) is 0 Å². The maximum atomic E-state index is 13.6. The number of rotatable bonds is 2. The van der Waals surface area contributed by atoms with Gasteiger partial charge in [-0.2, -0.15) is 0 Å². The molecule has 0 spiro atoms. The molecular weight excluding hydrogens is 214 g/mol. The van der Waals surface area contributed by atoms with Gasteiger partial charge < -0.3 is 4.42 Å². The molecule has 0 unspecified atom stereocenters. The Kier molecular flexibility index (Phi) is 2.56. The first-order valence-electron chi connectivity index (χ1n) is 4.62. The fourth-order valence-electron chi connectivity index (χ4n) is 1.49. The van der Waals surface area contributed by atoms with E-state index in [0.717, 1.165) is 12.1 Å². The molecule has 0 atom stereocenters. The summed E-state index contributed by atoms with van der Waals surface area (Å²) < 4.78 is 31.7. The topological polar surface area (TPSA) is 30.2 Å². The highest BCUT2D eigenvalue weighted by Crippen LogP contribution is 2.28. The molecule has 0 saturated heterocycles. The average Bonchev–Trinajstić information content (AvgIpc) is 2.71. The monoisotopic (exact) mass is 222 g/mol. The second kappa shape index (κ2) is 3.89. The predicted octanol–water partition coefficient (Wildman–Crippen LogP) is 3.35. The molecule has 0 aliphatic rings. The highest BCUT2D eigenvalue weighted by Gasteiger charge is 2.14. The fourth-order valence-corrected chi connectivity index (χ4v) is 1.49. The fraction of sp³-hybridized carbons (Fsp3) is 0.0833. The van der Waals surface area contributed by atoms with E-state index in [1.807, 2.05) is 0 Å². The second-order valence-corrected chi connectivity index (χ2v) is 3.40. The molecular formula is C12H8F2O2. The van der Waals surface area contributed by atoms with Crippen LogP contribution in [0.1, 0.15) is 16.1 Å². The van der Waals surface area contributed by atoms with E-state index < -0.39 is 11.6 Å². The van der Waals surface area contributed by atoms with Crippen LogP contribution >= 0.6 is 0 Å². The number of aldehydes is 1. The number of halogens is 2. The largest absolute Gasteiger partial charge is 0.461 e. The first kappa shape index (κ1) is 10.5. The first-order valence-corrected chi connectivity index (χ1v) is 4.62. The molecule has 0 saturated carbocycles. The molecule has 0 radical (unpaired) electrons. The van der Waals surface area contributed by atoms with Crippen molar-refractivity contribution in [2.75, 3.05) is 0 Å². The SMILES string of the molecule is Cc1cc(F)c(-c2ccoc2C=O)cc1F. The summed E-state index contributed by atoms with van der Waals surface area (Å²) in [4.78, 5) is 10.6. The van der Waals surface area contributed by atoms with Gasteiger partial charge in [-0.05, 0) is 30.7 Å². The van der Waals surface area contributed by atoms with Gasteiger partial charge in [-0.3, -0.25) is 4.79 Å². The summed E-state index contributed by atoms with van der Waals surface area (Å²) in [6.45, 7) is 1.47. The molecule has 2 nitrogen and oxygen atoms in total. The first-order chi connectivity index (χ1) is 7.63. The molecule has 0 aliphatic carbocycles. The minimum atomic E-state index is -0.580. The van der Waals surface area contributed by atoms with Crippen molar-refractivity contribution < 1.29 is 18.0 Å². The number of hydrogen-bond acceptors (Lipinski definition) is 2. The van der Waals surface area contributed by atoms with Crippen LogP contribution < -0.4 is 0 Å². The van der Waals surface area contributed by atoms with E-state index in [1.165, 1.54) is 19.3 Å². The Morgan fingerprint density at radius 1 is 1.19 bits per heavy atom. The third-order valence-electron chi connectivity index (χ3n) is 2.34. The van der Waals surface area contributed by atoms with Crippen molar-refractivity contribution in [3.63, 3.8) is 0 Å². The van der Waals surface area contributed by atoms with Gasteiger partial charge in [0.05, 0.1) is 6.26 Å². The van der Waals surface area contributed by atoms with E-state index >= 15 is 0 Å². The third kappa shape index (κ3) is 1.62. The Labute approximate surface area is 90.5 Å². The van der Waals surface area contributed by atoms with Crippen LogP contribution in [0.5, 0.6) is 0 Å². The number of carbonyl (C=O) groups excluding carboxylic acids is 1. The van der Waals surface area contributed by atoms with Crippen LogP contribution in [0.4, 0.5) is 8.78 Å². The molecule has 16 heavy (non-hydrogen) atoms. The van der Waals surface area contributed by atoms with Gasteiger partial charge in [-0.25, -0.2) is 8.78 Å². The Morgan fingerprint density at radius 2 is 1.94 bits per heavy atom. The van der Waals surface area contributed by atoms with Gasteiger partial charge in [-0.15, -0.1) is 0 Å². The standard InChI is InChI=1S/C12H8F2O2/c1-7-4-11(14)9(5-10(7)13)8-2-3-16-12(8)6-15/h2-6H,1H3. The lowest BCUT2D eigenvalue weighted by molar-refractivity contribution is 0.110. The summed E-state index contributed by atoms with van der Waals surface area (Å²) in [5.74, 6) is -1.11. The highest BCUT2D eigenvalue weighted by molar-refractivity contribution is 5.84. The average molecular weight is 222 g/mol. The Bertz CT molecular complexity index is 544. The summed E-state index contributed by atoms with van der Waals surface area (Å²) in [5.41, 5.74) is 0.503. The van der Waals surface area contributed by atoms with Gasteiger partial charge in [0.15, 0.2) is 12.0 Å². The van der Waals surface area contributed by atoms with Crippen molar-refractivity contribution >= 4 is 6.29 Å². The van der Waals surface area contributed by atoms with Gasteiger partial charge >= 0.3 is 0 Å². The number of furan rings is 1. The van der Waals surface area contributed by atoms with E-state index in [9.17, 15) is 13.6 Å². The maximum absolute atomic E-state index is 13.6. The molecule has 0 aliphatic heterocycles. The molecule has 0 fully saturated rings. The van der Waals surface area contributed by atoms with Gasteiger partial charge in [-0.1, -0.05) is 0 Å². The molecule has 1 aromatic heterocycles. The number of benzene rings is 1. The Balaban J connectivity index is 2.64. The second-order valence-electron chi connectivity index (χ2n) is 3.40. The van der Waals surface area contributed by atoms with Crippen molar-refractivity contribution in [1.82, 2.24) is 0 Å². The smallest absolute Gasteiger partial charge is 0.185 e. The zero-order valence-electron chi connectivity index (χ0n) is 8.46. The lowest BCUT2D eigenvalue weighted by Crippen LogP contribution is -1.91. The normalized spacial score (nSPS) is 10.4. The summed E-state index contributed by atoms with van der Waals surface area (Å²) >= 11 is 0. The minimum Gasteiger partial charge on any atom is -0.461 e. The van der Waals surface area contributed by atoms with Crippen molar-refractivity contribution in [2.24, 2.45) is 0 Å². The van der Waals surface area contributed by atoms with E-state index in [4.69, 9.17) is 4.42 Å². The van der Waals surface area contributed by atoms with Crippen LogP contribution in [0.15, 0.2) is 28.9 Å². The van der Waals surface area contributed by atoms with Crippen LogP contribution in [-0.4, -0.2) is 6.29 Å². The third-order valence-corrected chi connectivity index (χ3v) is 2.34. The quantitative estimate of drug-likeness (QED) is 0.729. The van der Waals surface area contributed by atoms with Gasteiger partial charge in [0.25, 0.3) is 0 Å². The lowest BCUT2D eigenvalue weighted by atomic mass is 10.0. The number of hydrogen-bond donors (Lipinski definition) is 0. The number of aryl methyl sites for hydroxylation is 1. The van der Waals surface area contributed by atoms with Crippen molar-refractivity contribution in [3.8, 4) is 11.1 Å². The van der Waals surface area contributed by atoms with E-state index in [2.05, 4.69) is 0 Å². The molecule has 4 heteroatoms.